The van der Waals surface area contributed by atoms with Gasteiger partial charge in [0.25, 0.3) is 0 Å². The minimum Gasteiger partial charge on any atom is -0.328 e. The minimum atomic E-state index is -1.14. The first-order chi connectivity index (χ1) is 11.0. The second-order valence-corrected chi connectivity index (χ2v) is 22.9. The lowest BCUT2D eigenvalue weighted by Crippen LogP contribution is -2.46. The highest BCUT2D eigenvalue weighted by molar-refractivity contribution is 7.48. The van der Waals surface area contributed by atoms with Gasteiger partial charge in [0.2, 0.25) is 0 Å². The van der Waals surface area contributed by atoms with Crippen molar-refractivity contribution in [1.82, 2.24) is 9.34 Å². The van der Waals surface area contributed by atoms with Crippen molar-refractivity contribution in [3.63, 3.8) is 0 Å². The third-order valence-electron chi connectivity index (χ3n) is 5.02. The van der Waals surface area contributed by atoms with Gasteiger partial charge in [-0.1, -0.05) is 59.0 Å². The summed E-state index contributed by atoms with van der Waals surface area (Å²) in [7, 11) is -2.85. The lowest BCUT2D eigenvalue weighted by atomic mass is 9.90. The van der Waals surface area contributed by atoms with Crippen molar-refractivity contribution in [2.75, 3.05) is 12.3 Å². The molecule has 24 heavy (non-hydrogen) atoms. The average Bonchev–Trinajstić information content (AvgIpc) is 2.70. The van der Waals surface area contributed by atoms with Crippen molar-refractivity contribution in [3.8, 4) is 0 Å². The van der Waals surface area contributed by atoms with Crippen LogP contribution in [0.4, 0.5) is 0 Å². The summed E-state index contributed by atoms with van der Waals surface area (Å²) >= 11 is 0. The van der Waals surface area contributed by atoms with Crippen LogP contribution in [-0.2, 0) is 4.52 Å². The number of hydrogen-bond donors (Lipinski definition) is 0. The highest BCUT2D eigenvalue weighted by Crippen LogP contribution is 2.59. The van der Waals surface area contributed by atoms with Gasteiger partial charge in [0, 0.05) is 12.1 Å². The Balaban J connectivity index is 2.30. The Morgan fingerprint density at radius 3 is 1.67 bits per heavy atom. The van der Waals surface area contributed by atoms with Crippen molar-refractivity contribution in [2.45, 2.75) is 103 Å². The molecular formula is C18H41N2OPSi2. The molecule has 2 fully saturated rings. The van der Waals surface area contributed by atoms with E-state index in [4.69, 9.17) is 4.52 Å². The topological polar surface area (TPSA) is 15.7 Å². The van der Waals surface area contributed by atoms with Gasteiger partial charge in [-0.15, -0.1) is 0 Å². The zero-order valence-corrected chi connectivity index (χ0v) is 20.3. The zero-order chi connectivity index (χ0) is 18.1. The predicted octanol–water partition coefficient (Wildman–Crippen LogP) is 5.71. The summed E-state index contributed by atoms with van der Waals surface area (Å²) < 4.78 is 12.4. The Morgan fingerprint density at radius 1 is 0.917 bits per heavy atom. The van der Waals surface area contributed by atoms with Gasteiger partial charge in [0.15, 0.2) is 8.45 Å². The van der Waals surface area contributed by atoms with Crippen LogP contribution < -0.4 is 0 Å². The monoisotopic (exact) mass is 388 g/mol. The van der Waals surface area contributed by atoms with Gasteiger partial charge >= 0.3 is 0 Å². The van der Waals surface area contributed by atoms with Crippen LogP contribution in [0.3, 0.4) is 0 Å². The second-order valence-electron chi connectivity index (χ2n) is 10.3. The van der Waals surface area contributed by atoms with E-state index in [-0.39, 0.29) is 0 Å². The lowest BCUT2D eigenvalue weighted by molar-refractivity contribution is 0.212. The fourth-order valence-corrected chi connectivity index (χ4v) is 11.9. The van der Waals surface area contributed by atoms with E-state index in [0.29, 0.717) is 6.10 Å². The van der Waals surface area contributed by atoms with E-state index in [1.165, 1.54) is 38.0 Å². The summed E-state index contributed by atoms with van der Waals surface area (Å²) in [5.74, 6) is 0. The van der Waals surface area contributed by atoms with Crippen molar-refractivity contribution < 1.29 is 4.52 Å². The van der Waals surface area contributed by atoms with Crippen molar-refractivity contribution in [1.29, 1.82) is 0 Å². The third-order valence-corrected chi connectivity index (χ3v) is 10.4. The Labute approximate surface area is 154 Å². The molecule has 0 N–H and O–H groups in total. The van der Waals surface area contributed by atoms with Crippen LogP contribution in [-0.4, -0.2) is 56.0 Å². The second kappa shape index (κ2) is 8.18. The molecule has 3 nitrogen and oxygen atoms in total. The van der Waals surface area contributed by atoms with E-state index in [1.807, 2.05) is 0 Å². The molecule has 0 aromatic rings. The molecule has 142 valence electrons. The molecule has 0 aromatic carbocycles. The maximum absolute atomic E-state index is 6.73. The molecule has 0 aromatic heterocycles. The molecule has 1 aliphatic carbocycles. The Morgan fingerprint density at radius 2 is 1.33 bits per heavy atom. The van der Waals surface area contributed by atoms with Gasteiger partial charge in [-0.25, -0.2) is 9.34 Å². The molecule has 1 saturated carbocycles. The molecule has 0 spiro atoms. The minimum absolute atomic E-state index is 0.379. The maximum Gasteiger partial charge on any atom is 0.188 e. The molecule has 3 atom stereocenters. The van der Waals surface area contributed by atoms with Crippen molar-refractivity contribution in [2.24, 2.45) is 0 Å². The smallest absolute Gasteiger partial charge is 0.188 e. The van der Waals surface area contributed by atoms with Crippen LogP contribution in [0.15, 0.2) is 0 Å². The lowest BCUT2D eigenvalue weighted by Gasteiger charge is -2.37. The molecule has 0 radical (unpaired) electrons. The zero-order valence-electron chi connectivity index (χ0n) is 17.4. The summed E-state index contributed by atoms with van der Waals surface area (Å²) in [5.41, 5.74) is 0. The number of hydrogen-bond acceptors (Lipinski definition) is 3. The van der Waals surface area contributed by atoms with Crippen molar-refractivity contribution >= 4 is 24.6 Å². The number of nitrogens with zero attached hydrogens (tertiary/aromatic N) is 2. The fourth-order valence-electron chi connectivity index (χ4n) is 3.87. The first kappa shape index (κ1) is 21.0. The van der Waals surface area contributed by atoms with Crippen LogP contribution in [0.2, 0.25) is 39.3 Å². The molecular weight excluding hydrogens is 347 g/mol. The van der Waals surface area contributed by atoms with Gasteiger partial charge in [-0.3, -0.25) is 0 Å². The van der Waals surface area contributed by atoms with Crippen LogP contribution in [0, 0.1) is 0 Å². The third kappa shape index (κ3) is 5.62. The SMILES string of the molecule is CC[C@@H](C)OP1N(C[Si](C)(C)C)[C@@H]2CCCC[C@H]2N1C[Si](C)(C)C. The van der Waals surface area contributed by atoms with E-state index in [2.05, 4.69) is 62.5 Å². The summed E-state index contributed by atoms with van der Waals surface area (Å²) in [4.78, 5) is 0. The quantitative estimate of drug-likeness (QED) is 0.410. The average molecular weight is 389 g/mol. The first-order valence-corrected chi connectivity index (χ1v) is 18.6. The van der Waals surface area contributed by atoms with Gasteiger partial charge in [0.05, 0.1) is 22.3 Å². The maximum atomic E-state index is 6.73. The Hall–Kier alpha value is 0.744. The normalized spacial score (nSPS) is 29.0. The van der Waals surface area contributed by atoms with Crippen LogP contribution >= 0.6 is 8.45 Å². The van der Waals surface area contributed by atoms with Crippen LogP contribution in [0.5, 0.6) is 0 Å². The molecule has 2 aliphatic rings. The molecule has 0 unspecified atom stereocenters. The van der Waals surface area contributed by atoms with E-state index in [9.17, 15) is 0 Å². The molecule has 6 heteroatoms. The molecule has 1 aliphatic heterocycles. The number of rotatable bonds is 7. The van der Waals surface area contributed by atoms with Gasteiger partial charge in [-0.05, 0) is 38.5 Å². The summed E-state index contributed by atoms with van der Waals surface area (Å²) in [6, 6.07) is 1.52. The van der Waals surface area contributed by atoms with E-state index < -0.39 is 24.6 Å². The summed E-state index contributed by atoms with van der Waals surface area (Å²) in [6.07, 6.45) is 9.71. The molecule has 1 heterocycles. The highest BCUT2D eigenvalue weighted by atomic mass is 31.2. The van der Waals surface area contributed by atoms with E-state index in [1.54, 1.807) is 0 Å². The number of fused-ring (bicyclic) bond motifs is 1. The fraction of sp³-hybridized carbons (Fsp3) is 1.00. The molecule has 2 rings (SSSR count). The summed E-state index contributed by atoms with van der Waals surface area (Å²) in [5, 5.41) is 0. The van der Waals surface area contributed by atoms with Gasteiger partial charge < -0.3 is 4.52 Å². The van der Waals surface area contributed by atoms with E-state index in [0.717, 1.165) is 18.5 Å². The van der Waals surface area contributed by atoms with Crippen LogP contribution in [0.1, 0.15) is 46.0 Å². The van der Waals surface area contributed by atoms with Gasteiger partial charge in [0.1, 0.15) is 0 Å². The predicted molar refractivity (Wildman–Crippen MR) is 114 cm³/mol. The highest BCUT2D eigenvalue weighted by Gasteiger charge is 2.51. The first-order valence-electron chi connectivity index (χ1n) is 10.0. The standard InChI is InChI=1S/C18H41N2OPSi2/c1-9-16(2)21-22-19(14-23(3,4)5)17-12-10-11-13-18(17)20(22)15-24(6,7)8/h16-18H,9-15H2,1-8H3/t16-,17-,18-/m1/s1. The summed E-state index contributed by atoms with van der Waals surface area (Å²) in [6.45, 7) is 19.6. The molecule has 1 saturated heterocycles. The van der Waals surface area contributed by atoms with E-state index >= 15 is 0 Å². The van der Waals surface area contributed by atoms with Crippen molar-refractivity contribution in [3.05, 3.63) is 0 Å². The van der Waals surface area contributed by atoms with Crippen LogP contribution in [0.25, 0.3) is 0 Å². The van der Waals surface area contributed by atoms with Gasteiger partial charge in [-0.2, -0.15) is 0 Å². The largest absolute Gasteiger partial charge is 0.328 e. The molecule has 0 amide bonds. The molecule has 0 bridgehead atoms. The Bertz CT molecular complexity index is 379. The Kier molecular flexibility index (Phi) is 7.18.